The number of primary amides is 2. The van der Waals surface area contributed by atoms with Gasteiger partial charge in [-0.3, -0.25) is 43.3 Å². The third-order valence-corrected chi connectivity index (χ3v) is 8.03. The number of amides is 8. The monoisotopic (exact) mass is 760 g/mol. The molecule has 0 aliphatic carbocycles. The fourth-order valence-electron chi connectivity index (χ4n) is 4.34. The predicted molar refractivity (Wildman–Crippen MR) is 193 cm³/mol. The van der Waals surface area contributed by atoms with Crippen LogP contribution in [0.15, 0.2) is 4.99 Å². The van der Waals surface area contributed by atoms with Crippen molar-refractivity contribution in [1.29, 1.82) is 0 Å². The van der Waals surface area contributed by atoms with E-state index in [4.69, 9.17) is 28.7 Å². The minimum absolute atomic E-state index is 0.0557. The molecule has 0 saturated heterocycles. The molecule has 5 unspecified atom stereocenters. The second-order valence-corrected chi connectivity index (χ2v) is 12.4. The van der Waals surface area contributed by atoms with E-state index < -0.39 is 102 Å². The number of nitrogens with zero attached hydrogens (tertiary/aromatic N) is 1. The van der Waals surface area contributed by atoms with Crippen molar-refractivity contribution in [2.24, 2.45) is 39.6 Å². The van der Waals surface area contributed by atoms with E-state index in [1.54, 1.807) is 13.8 Å². The maximum atomic E-state index is 13.4. The number of nitrogens with two attached hydrogens (primary N) is 5. The summed E-state index contributed by atoms with van der Waals surface area (Å²) in [5.41, 5.74) is 26.8. The van der Waals surface area contributed by atoms with Crippen LogP contribution in [0.4, 0.5) is 0 Å². The molecule has 21 nitrogen and oxygen atoms in total. The normalized spacial score (nSPS) is 14.8. The van der Waals surface area contributed by atoms with Crippen LogP contribution in [-0.4, -0.2) is 120 Å². The topological polar surface area (TPSA) is 371 Å². The molecule has 22 heteroatoms. The van der Waals surface area contributed by atoms with Crippen LogP contribution in [0.3, 0.4) is 0 Å². The van der Waals surface area contributed by atoms with E-state index in [0.717, 1.165) is 0 Å². The highest BCUT2D eigenvalue weighted by Gasteiger charge is 2.32. The van der Waals surface area contributed by atoms with Crippen molar-refractivity contribution in [3.8, 4) is 0 Å². The van der Waals surface area contributed by atoms with Crippen molar-refractivity contribution in [3.63, 3.8) is 0 Å². The van der Waals surface area contributed by atoms with Crippen molar-refractivity contribution in [2.75, 3.05) is 25.4 Å². The maximum absolute atomic E-state index is 13.4. The first-order chi connectivity index (χ1) is 24.4. The smallest absolute Gasteiger partial charge is 0.245 e. The summed E-state index contributed by atoms with van der Waals surface area (Å²) < 4.78 is 0. The van der Waals surface area contributed by atoms with Gasteiger partial charge in [-0.05, 0) is 52.0 Å². The van der Waals surface area contributed by atoms with Gasteiger partial charge in [-0.2, -0.15) is 12.6 Å². The molecular weight excluding hydrogens is 704 g/mol. The highest BCUT2D eigenvalue weighted by Crippen LogP contribution is 2.05. The van der Waals surface area contributed by atoms with E-state index in [-0.39, 0.29) is 37.5 Å². The zero-order valence-electron chi connectivity index (χ0n) is 29.8. The SMILES string of the molecule is CCC(C)C(=O)NC(CS)C(=O)NC(CO)C(=O)N[C@@H](CCCN=C(N)N)C(=O)NC(C)C(=O)N[C@@H](CC(N)=O)C(=O)NC(CCCCN)C(N)=O. The van der Waals surface area contributed by atoms with Crippen LogP contribution in [0.2, 0.25) is 0 Å². The lowest BCUT2D eigenvalue weighted by atomic mass is 10.1. The number of thiol groups is 1. The van der Waals surface area contributed by atoms with E-state index >= 15 is 0 Å². The van der Waals surface area contributed by atoms with Crippen molar-refractivity contribution in [3.05, 3.63) is 0 Å². The van der Waals surface area contributed by atoms with Gasteiger partial charge in [0.25, 0.3) is 0 Å². The van der Waals surface area contributed by atoms with Crippen LogP contribution in [-0.2, 0) is 38.4 Å². The zero-order chi connectivity index (χ0) is 40.0. The molecule has 0 spiro atoms. The number of hydrogen-bond donors (Lipinski definition) is 13. The molecule has 0 rings (SSSR count). The number of carbonyl (C=O) groups excluding carboxylic acids is 8. The highest BCUT2D eigenvalue weighted by molar-refractivity contribution is 7.80. The Morgan fingerprint density at radius 1 is 0.654 bits per heavy atom. The standard InChI is InChI=1S/C30H56N12O9S/c1-4-15(2)24(46)42-21(14-52)29(51)41-20(13-43)28(50)39-18(9-7-11-36-30(34)35)26(48)37-16(3)25(47)40-19(12-22(32)44)27(49)38-17(23(33)45)8-5-6-10-31/h15-21,43,52H,4-14,31H2,1-3H3,(H2,32,44)(H2,33,45)(H,37,48)(H,38,49)(H,39,50)(H,40,47)(H,41,51)(H,42,46)(H4,34,35,36)/t15?,16?,17?,18-,19-,20?,21?/m0/s1. The lowest BCUT2D eigenvalue weighted by Crippen LogP contribution is -2.60. The van der Waals surface area contributed by atoms with Gasteiger partial charge in [-0.15, -0.1) is 0 Å². The van der Waals surface area contributed by atoms with E-state index in [9.17, 15) is 43.5 Å². The molecule has 0 fully saturated rings. The summed E-state index contributed by atoms with van der Waals surface area (Å²) in [6.45, 7) is 4.23. The van der Waals surface area contributed by atoms with Gasteiger partial charge in [0.1, 0.15) is 36.3 Å². The number of aliphatic imine (C=N–C) groups is 1. The quantitative estimate of drug-likeness (QED) is 0.0170. The number of carbonyl (C=O) groups is 8. The molecule has 17 N–H and O–H groups in total. The fourth-order valence-corrected chi connectivity index (χ4v) is 4.60. The van der Waals surface area contributed by atoms with Gasteiger partial charge in [0.05, 0.1) is 13.0 Å². The van der Waals surface area contributed by atoms with Crippen molar-refractivity contribution >= 4 is 65.8 Å². The third-order valence-electron chi connectivity index (χ3n) is 7.67. The molecule has 0 saturated carbocycles. The van der Waals surface area contributed by atoms with Crippen LogP contribution in [0.5, 0.6) is 0 Å². The fraction of sp³-hybridized carbons (Fsp3) is 0.700. The van der Waals surface area contributed by atoms with E-state index in [0.29, 0.717) is 25.8 Å². The molecule has 0 aromatic rings. The van der Waals surface area contributed by atoms with Crippen LogP contribution < -0.4 is 60.6 Å². The van der Waals surface area contributed by atoms with Crippen molar-refractivity contribution < 1.29 is 43.5 Å². The minimum Gasteiger partial charge on any atom is -0.394 e. The summed E-state index contributed by atoms with van der Waals surface area (Å²) in [5, 5.41) is 24.3. The average Bonchev–Trinajstić information content (AvgIpc) is 3.08. The Bertz CT molecular complexity index is 1270. The first-order valence-corrected chi connectivity index (χ1v) is 17.4. The zero-order valence-corrected chi connectivity index (χ0v) is 30.7. The number of rotatable bonds is 26. The number of guanidine groups is 1. The van der Waals surface area contributed by atoms with Gasteiger partial charge in [-0.25, -0.2) is 0 Å². The Hall–Kier alpha value is -4.70. The Morgan fingerprint density at radius 2 is 1.15 bits per heavy atom. The molecule has 296 valence electrons. The predicted octanol–water partition coefficient (Wildman–Crippen LogP) is -5.57. The molecular formula is C30H56N12O9S. The number of unbranched alkanes of at least 4 members (excludes halogenated alkanes) is 1. The van der Waals surface area contributed by atoms with Gasteiger partial charge in [0.15, 0.2) is 5.96 Å². The lowest BCUT2D eigenvalue weighted by molar-refractivity contribution is -0.136. The van der Waals surface area contributed by atoms with Crippen LogP contribution in [0.1, 0.15) is 65.7 Å². The molecule has 52 heavy (non-hydrogen) atoms. The van der Waals surface area contributed by atoms with E-state index in [1.165, 1.54) is 6.92 Å². The minimum atomic E-state index is -1.56. The maximum Gasteiger partial charge on any atom is 0.245 e. The molecule has 0 aliphatic rings. The number of hydrogen-bond acceptors (Lipinski definition) is 12. The van der Waals surface area contributed by atoms with Gasteiger partial charge in [0, 0.05) is 18.2 Å². The van der Waals surface area contributed by atoms with Crippen LogP contribution in [0, 0.1) is 5.92 Å². The first-order valence-electron chi connectivity index (χ1n) is 16.8. The molecule has 0 radical (unpaired) electrons. The Labute approximate surface area is 307 Å². The largest absolute Gasteiger partial charge is 0.394 e. The van der Waals surface area contributed by atoms with Crippen molar-refractivity contribution in [1.82, 2.24) is 31.9 Å². The van der Waals surface area contributed by atoms with E-state index in [2.05, 4.69) is 49.5 Å². The first kappa shape index (κ1) is 47.3. The molecule has 7 atom stereocenters. The third kappa shape index (κ3) is 18.5. The number of aliphatic hydroxyl groups is 1. The summed E-state index contributed by atoms with van der Waals surface area (Å²) in [7, 11) is 0. The van der Waals surface area contributed by atoms with Gasteiger partial charge in [0.2, 0.25) is 47.3 Å². The van der Waals surface area contributed by atoms with Gasteiger partial charge in [-0.1, -0.05) is 13.8 Å². The molecule has 0 heterocycles. The van der Waals surface area contributed by atoms with Gasteiger partial charge < -0.3 is 65.7 Å². The number of aliphatic hydroxyl groups excluding tert-OH is 1. The molecule has 0 aromatic heterocycles. The van der Waals surface area contributed by atoms with Crippen molar-refractivity contribution in [2.45, 2.75) is 102 Å². The average molecular weight is 761 g/mol. The summed E-state index contributed by atoms with van der Waals surface area (Å²) in [5.74, 6) is -7.48. The van der Waals surface area contributed by atoms with Crippen LogP contribution in [0.25, 0.3) is 0 Å². The summed E-state index contributed by atoms with van der Waals surface area (Å²) in [4.78, 5) is 105. The Balaban J connectivity index is 5.85. The second kappa shape index (κ2) is 25.3. The lowest BCUT2D eigenvalue weighted by Gasteiger charge is -2.26. The second-order valence-electron chi connectivity index (χ2n) is 12.0. The Morgan fingerprint density at radius 3 is 1.67 bits per heavy atom. The summed E-state index contributed by atoms with van der Waals surface area (Å²) >= 11 is 4.09. The molecule has 8 amide bonds. The van der Waals surface area contributed by atoms with Crippen LogP contribution >= 0.6 is 12.6 Å². The number of nitrogens with one attached hydrogen (secondary N) is 6. The summed E-state index contributed by atoms with van der Waals surface area (Å²) in [6, 6.07) is -8.07. The van der Waals surface area contributed by atoms with E-state index in [1.807, 2.05) is 0 Å². The molecule has 0 bridgehead atoms. The summed E-state index contributed by atoms with van der Waals surface area (Å²) in [6.07, 6.45) is 1.11. The van der Waals surface area contributed by atoms with Gasteiger partial charge >= 0.3 is 0 Å². The molecule has 0 aliphatic heterocycles. The highest BCUT2D eigenvalue weighted by atomic mass is 32.1. The molecule has 0 aromatic carbocycles. The Kier molecular flexibility index (Phi) is 23.0.